The molecule has 0 aliphatic rings. The van der Waals surface area contributed by atoms with Gasteiger partial charge in [0, 0.05) is 24.2 Å². The Labute approximate surface area is 112 Å². The van der Waals surface area contributed by atoms with E-state index in [4.69, 9.17) is 5.11 Å². The molecule has 0 fully saturated rings. The number of carboxylic acids is 1. The van der Waals surface area contributed by atoms with Crippen LogP contribution in [0.3, 0.4) is 0 Å². The van der Waals surface area contributed by atoms with Gasteiger partial charge in [0.25, 0.3) is 0 Å². The molecule has 0 bridgehead atoms. The standard InChI is InChI=1S/C13H21N3O3/c1-3-4-5-11(13(18)19)16-12(17)9(2)6-10-7-14-8-15-10/h7-9,11H,3-6H2,1-2H3,(H,14,15)(H,16,17)(H,18,19)/t9-,11+/m0/s1. The Hall–Kier alpha value is -1.85. The number of aliphatic carboxylic acids is 1. The largest absolute Gasteiger partial charge is 0.480 e. The highest BCUT2D eigenvalue weighted by molar-refractivity contribution is 5.84. The van der Waals surface area contributed by atoms with Crippen molar-refractivity contribution in [3.63, 3.8) is 0 Å². The van der Waals surface area contributed by atoms with Crippen molar-refractivity contribution in [2.24, 2.45) is 5.92 Å². The number of carbonyl (C=O) groups excluding carboxylic acids is 1. The van der Waals surface area contributed by atoms with E-state index in [9.17, 15) is 9.59 Å². The van der Waals surface area contributed by atoms with Gasteiger partial charge in [0.2, 0.25) is 5.91 Å². The van der Waals surface area contributed by atoms with Crippen molar-refractivity contribution in [3.05, 3.63) is 18.2 Å². The van der Waals surface area contributed by atoms with Crippen molar-refractivity contribution in [3.8, 4) is 0 Å². The molecule has 106 valence electrons. The average molecular weight is 267 g/mol. The summed E-state index contributed by atoms with van der Waals surface area (Å²) in [5, 5.41) is 11.6. The quantitative estimate of drug-likeness (QED) is 0.662. The summed E-state index contributed by atoms with van der Waals surface area (Å²) in [6, 6.07) is -0.795. The summed E-state index contributed by atoms with van der Waals surface area (Å²) >= 11 is 0. The summed E-state index contributed by atoms with van der Waals surface area (Å²) in [4.78, 5) is 29.8. The smallest absolute Gasteiger partial charge is 0.326 e. The third-order valence-electron chi connectivity index (χ3n) is 2.99. The van der Waals surface area contributed by atoms with Gasteiger partial charge in [-0.25, -0.2) is 9.78 Å². The maximum absolute atomic E-state index is 11.9. The van der Waals surface area contributed by atoms with Gasteiger partial charge in [-0.1, -0.05) is 26.7 Å². The van der Waals surface area contributed by atoms with Crippen LogP contribution in [0.4, 0.5) is 0 Å². The number of unbranched alkanes of at least 4 members (excludes halogenated alkanes) is 1. The SMILES string of the molecule is CCCC[C@@H](NC(=O)[C@@H](C)Cc1cnc[nH]1)C(=O)O. The van der Waals surface area contributed by atoms with Gasteiger partial charge in [-0.3, -0.25) is 4.79 Å². The van der Waals surface area contributed by atoms with Crippen molar-refractivity contribution in [1.82, 2.24) is 15.3 Å². The lowest BCUT2D eigenvalue weighted by atomic mass is 10.0. The molecular formula is C13H21N3O3. The van der Waals surface area contributed by atoms with E-state index in [0.717, 1.165) is 18.5 Å². The molecule has 1 amide bonds. The normalized spacial score (nSPS) is 13.8. The molecule has 0 spiro atoms. The van der Waals surface area contributed by atoms with Gasteiger partial charge in [0.15, 0.2) is 0 Å². The summed E-state index contributed by atoms with van der Waals surface area (Å²) in [5.41, 5.74) is 0.864. The average Bonchev–Trinajstić information content (AvgIpc) is 2.86. The number of carbonyl (C=O) groups is 2. The highest BCUT2D eigenvalue weighted by atomic mass is 16.4. The van der Waals surface area contributed by atoms with Crippen LogP contribution in [-0.2, 0) is 16.0 Å². The van der Waals surface area contributed by atoms with E-state index in [2.05, 4.69) is 15.3 Å². The second kappa shape index (κ2) is 7.56. The minimum atomic E-state index is -0.976. The molecule has 0 aliphatic heterocycles. The molecule has 0 saturated carbocycles. The Morgan fingerprint density at radius 2 is 2.26 bits per heavy atom. The summed E-state index contributed by atoms with van der Waals surface area (Å²) in [5.74, 6) is -1.50. The van der Waals surface area contributed by atoms with E-state index in [1.165, 1.54) is 0 Å². The zero-order chi connectivity index (χ0) is 14.3. The lowest BCUT2D eigenvalue weighted by Gasteiger charge is -2.17. The Kier molecular flexibility index (Phi) is 6.05. The van der Waals surface area contributed by atoms with Gasteiger partial charge in [0.1, 0.15) is 6.04 Å². The molecule has 6 heteroatoms. The first-order valence-electron chi connectivity index (χ1n) is 6.55. The lowest BCUT2D eigenvalue weighted by Crippen LogP contribution is -2.43. The van der Waals surface area contributed by atoms with Crippen molar-refractivity contribution >= 4 is 11.9 Å². The van der Waals surface area contributed by atoms with Crippen molar-refractivity contribution < 1.29 is 14.7 Å². The van der Waals surface area contributed by atoms with Gasteiger partial charge >= 0.3 is 5.97 Å². The molecule has 1 aromatic rings. The minimum Gasteiger partial charge on any atom is -0.480 e. The molecule has 0 aliphatic carbocycles. The van der Waals surface area contributed by atoms with E-state index in [0.29, 0.717) is 12.8 Å². The van der Waals surface area contributed by atoms with Gasteiger partial charge in [-0.15, -0.1) is 0 Å². The number of amides is 1. The van der Waals surface area contributed by atoms with Crippen LogP contribution in [0.25, 0.3) is 0 Å². The monoisotopic (exact) mass is 267 g/mol. The maximum atomic E-state index is 11.9. The minimum absolute atomic E-state index is 0.238. The first-order valence-corrected chi connectivity index (χ1v) is 6.55. The zero-order valence-corrected chi connectivity index (χ0v) is 11.3. The highest BCUT2D eigenvalue weighted by Crippen LogP contribution is 2.07. The molecule has 6 nitrogen and oxygen atoms in total. The fourth-order valence-electron chi connectivity index (χ4n) is 1.80. The number of H-pyrrole nitrogens is 1. The summed E-state index contributed by atoms with van der Waals surface area (Å²) < 4.78 is 0. The number of aromatic nitrogens is 2. The number of imidazole rings is 1. The summed E-state index contributed by atoms with van der Waals surface area (Å²) in [6.07, 6.45) is 5.90. The van der Waals surface area contributed by atoms with Crippen LogP contribution >= 0.6 is 0 Å². The van der Waals surface area contributed by atoms with Gasteiger partial charge in [-0.05, 0) is 6.42 Å². The fraction of sp³-hybridized carbons (Fsp3) is 0.615. The van der Waals surface area contributed by atoms with E-state index in [-0.39, 0.29) is 11.8 Å². The number of carboxylic acid groups (broad SMARTS) is 1. The zero-order valence-electron chi connectivity index (χ0n) is 11.3. The number of hydrogen-bond acceptors (Lipinski definition) is 3. The van der Waals surface area contributed by atoms with Crippen LogP contribution in [0.2, 0.25) is 0 Å². The highest BCUT2D eigenvalue weighted by Gasteiger charge is 2.22. The van der Waals surface area contributed by atoms with Crippen molar-refractivity contribution in [1.29, 1.82) is 0 Å². The van der Waals surface area contributed by atoms with Crippen LogP contribution in [0.1, 0.15) is 38.8 Å². The first-order chi connectivity index (χ1) is 9.04. The molecule has 2 atom stereocenters. The van der Waals surface area contributed by atoms with Crippen LogP contribution in [0.5, 0.6) is 0 Å². The Bertz CT molecular complexity index is 403. The van der Waals surface area contributed by atoms with Gasteiger partial charge in [0.05, 0.1) is 6.33 Å². The van der Waals surface area contributed by atoms with Crippen LogP contribution in [-0.4, -0.2) is 33.0 Å². The number of nitrogens with one attached hydrogen (secondary N) is 2. The van der Waals surface area contributed by atoms with Gasteiger partial charge in [-0.2, -0.15) is 0 Å². The Balaban J connectivity index is 2.48. The van der Waals surface area contributed by atoms with E-state index < -0.39 is 12.0 Å². The van der Waals surface area contributed by atoms with Crippen molar-refractivity contribution in [2.75, 3.05) is 0 Å². The molecule has 0 radical (unpaired) electrons. The molecule has 1 aromatic heterocycles. The predicted octanol–water partition coefficient (Wildman–Crippen LogP) is 1.35. The summed E-state index contributed by atoms with van der Waals surface area (Å²) in [7, 11) is 0. The van der Waals surface area contributed by atoms with E-state index in [1.807, 2.05) is 6.92 Å². The van der Waals surface area contributed by atoms with Crippen LogP contribution < -0.4 is 5.32 Å². The third-order valence-corrected chi connectivity index (χ3v) is 2.99. The van der Waals surface area contributed by atoms with Crippen LogP contribution in [0.15, 0.2) is 12.5 Å². The van der Waals surface area contributed by atoms with Crippen LogP contribution in [0, 0.1) is 5.92 Å². The summed E-state index contributed by atoms with van der Waals surface area (Å²) in [6.45, 7) is 3.76. The Morgan fingerprint density at radius 1 is 1.53 bits per heavy atom. The maximum Gasteiger partial charge on any atom is 0.326 e. The predicted molar refractivity (Wildman–Crippen MR) is 70.5 cm³/mol. The topological polar surface area (TPSA) is 95.1 Å². The third kappa shape index (κ3) is 5.11. The number of rotatable bonds is 8. The second-order valence-electron chi connectivity index (χ2n) is 4.72. The number of aromatic amines is 1. The van der Waals surface area contributed by atoms with E-state index in [1.54, 1.807) is 19.4 Å². The lowest BCUT2D eigenvalue weighted by molar-refractivity contribution is -0.142. The molecule has 0 unspecified atom stereocenters. The molecule has 1 heterocycles. The van der Waals surface area contributed by atoms with E-state index >= 15 is 0 Å². The van der Waals surface area contributed by atoms with Gasteiger partial charge < -0.3 is 15.4 Å². The fourth-order valence-corrected chi connectivity index (χ4v) is 1.80. The number of hydrogen-bond donors (Lipinski definition) is 3. The molecule has 1 rings (SSSR count). The molecule has 19 heavy (non-hydrogen) atoms. The molecular weight excluding hydrogens is 246 g/mol. The second-order valence-corrected chi connectivity index (χ2v) is 4.72. The Morgan fingerprint density at radius 3 is 2.79 bits per heavy atom. The number of nitrogens with zero attached hydrogens (tertiary/aromatic N) is 1. The molecule has 0 saturated heterocycles. The first kappa shape index (κ1) is 15.2. The molecule has 0 aromatic carbocycles. The van der Waals surface area contributed by atoms with Crippen molar-refractivity contribution in [2.45, 2.75) is 45.6 Å². The molecule has 3 N–H and O–H groups in total.